The van der Waals surface area contributed by atoms with E-state index in [0.717, 1.165) is 5.71 Å². The van der Waals surface area contributed by atoms with E-state index in [9.17, 15) is 4.79 Å². The molecular weight excluding hydrogens is 178 g/mol. The molecule has 1 heterocycles. The summed E-state index contributed by atoms with van der Waals surface area (Å²) in [6.45, 7) is 3.65. The van der Waals surface area contributed by atoms with Crippen LogP contribution in [-0.2, 0) is 7.05 Å². The number of hydrogen-bond donors (Lipinski definition) is 1. The molecule has 1 amide bonds. The molecule has 0 aliphatic carbocycles. The summed E-state index contributed by atoms with van der Waals surface area (Å²) in [5, 5.41) is 3.84. The van der Waals surface area contributed by atoms with E-state index < -0.39 is 0 Å². The van der Waals surface area contributed by atoms with Gasteiger partial charge in [-0.1, -0.05) is 0 Å². The third kappa shape index (κ3) is 2.97. The fraction of sp³-hybridized carbons (Fsp3) is 0.300. The Labute approximate surface area is 83.3 Å². The molecule has 14 heavy (non-hydrogen) atoms. The largest absolute Gasteiger partial charge is 0.277 e. The Morgan fingerprint density at radius 3 is 2.79 bits per heavy atom. The molecule has 0 aliphatic rings. The van der Waals surface area contributed by atoms with Crippen molar-refractivity contribution in [2.24, 2.45) is 12.1 Å². The maximum atomic E-state index is 11.5. The van der Waals surface area contributed by atoms with Crippen molar-refractivity contribution in [2.75, 3.05) is 0 Å². The molecule has 4 heteroatoms. The van der Waals surface area contributed by atoms with E-state index in [2.05, 4.69) is 10.5 Å². The van der Waals surface area contributed by atoms with Gasteiger partial charge in [-0.15, -0.1) is 0 Å². The number of pyridine rings is 1. The summed E-state index contributed by atoms with van der Waals surface area (Å²) in [7, 11) is 1.87. The summed E-state index contributed by atoms with van der Waals surface area (Å²) in [6, 6.07) is 3.56. The smallest absolute Gasteiger partial charge is 0.267 e. The zero-order valence-electron chi connectivity index (χ0n) is 8.61. The third-order valence-corrected chi connectivity index (χ3v) is 1.58. The van der Waals surface area contributed by atoms with Crippen LogP contribution in [0.25, 0.3) is 0 Å². The highest BCUT2D eigenvalue weighted by atomic mass is 16.2. The Morgan fingerprint density at radius 1 is 1.50 bits per heavy atom. The molecule has 0 aliphatic heterocycles. The minimum Gasteiger partial charge on any atom is -0.267 e. The average molecular weight is 192 g/mol. The first-order valence-electron chi connectivity index (χ1n) is 4.36. The van der Waals surface area contributed by atoms with Gasteiger partial charge < -0.3 is 0 Å². The lowest BCUT2D eigenvalue weighted by molar-refractivity contribution is -0.671. The molecule has 1 aromatic heterocycles. The van der Waals surface area contributed by atoms with Gasteiger partial charge in [0.1, 0.15) is 12.6 Å². The van der Waals surface area contributed by atoms with Crippen molar-refractivity contribution in [1.29, 1.82) is 0 Å². The lowest BCUT2D eigenvalue weighted by Crippen LogP contribution is -2.29. The van der Waals surface area contributed by atoms with Crippen molar-refractivity contribution < 1.29 is 9.36 Å². The van der Waals surface area contributed by atoms with Crippen molar-refractivity contribution in [3.05, 3.63) is 30.1 Å². The first-order chi connectivity index (χ1) is 6.59. The number of nitrogens with zero attached hydrogens (tertiary/aromatic N) is 2. The van der Waals surface area contributed by atoms with Gasteiger partial charge in [-0.3, -0.25) is 4.79 Å². The van der Waals surface area contributed by atoms with Crippen molar-refractivity contribution >= 4 is 11.6 Å². The summed E-state index contributed by atoms with van der Waals surface area (Å²) < 4.78 is 1.82. The predicted molar refractivity (Wildman–Crippen MR) is 53.9 cm³/mol. The van der Waals surface area contributed by atoms with Crippen LogP contribution < -0.4 is 9.99 Å². The molecular formula is C10H14N3O+. The highest BCUT2D eigenvalue weighted by Crippen LogP contribution is 1.93. The van der Waals surface area contributed by atoms with Gasteiger partial charge in [-0.25, -0.2) is 9.99 Å². The zero-order valence-corrected chi connectivity index (χ0v) is 8.61. The monoisotopic (exact) mass is 192 g/mol. The second-order valence-corrected chi connectivity index (χ2v) is 3.26. The van der Waals surface area contributed by atoms with E-state index >= 15 is 0 Å². The first-order valence-corrected chi connectivity index (χ1v) is 4.36. The van der Waals surface area contributed by atoms with Gasteiger partial charge in [-0.05, 0) is 19.9 Å². The van der Waals surface area contributed by atoms with E-state index in [1.54, 1.807) is 12.3 Å². The topological polar surface area (TPSA) is 45.3 Å². The molecule has 74 valence electrons. The van der Waals surface area contributed by atoms with Crippen LogP contribution in [-0.4, -0.2) is 11.6 Å². The number of aryl methyl sites for hydroxylation is 1. The fourth-order valence-electron chi connectivity index (χ4n) is 0.949. The summed E-state index contributed by atoms with van der Waals surface area (Å²) in [6.07, 6.45) is 3.61. The van der Waals surface area contributed by atoms with Crippen molar-refractivity contribution in [3.63, 3.8) is 0 Å². The molecule has 0 radical (unpaired) electrons. The molecule has 0 saturated heterocycles. The van der Waals surface area contributed by atoms with E-state index in [0.29, 0.717) is 5.56 Å². The molecule has 0 saturated carbocycles. The van der Waals surface area contributed by atoms with Gasteiger partial charge in [0.2, 0.25) is 0 Å². The summed E-state index contributed by atoms with van der Waals surface area (Å²) in [5.74, 6) is -0.192. The fourth-order valence-corrected chi connectivity index (χ4v) is 0.949. The molecule has 0 atom stereocenters. The number of hydrazone groups is 1. The molecule has 0 fully saturated rings. The van der Waals surface area contributed by atoms with Crippen molar-refractivity contribution in [2.45, 2.75) is 13.8 Å². The van der Waals surface area contributed by atoms with Crippen LogP contribution in [0.5, 0.6) is 0 Å². The van der Waals surface area contributed by atoms with Gasteiger partial charge in [0.05, 0.1) is 0 Å². The Balaban J connectivity index is 2.75. The third-order valence-electron chi connectivity index (χ3n) is 1.58. The molecule has 0 unspecified atom stereocenters. The first kappa shape index (κ1) is 10.4. The number of hydrogen-bond acceptors (Lipinski definition) is 2. The van der Waals surface area contributed by atoms with E-state index in [4.69, 9.17) is 0 Å². The van der Waals surface area contributed by atoms with Gasteiger partial charge in [0.15, 0.2) is 12.4 Å². The van der Waals surface area contributed by atoms with Gasteiger partial charge in [-0.2, -0.15) is 5.10 Å². The Kier molecular flexibility index (Phi) is 3.34. The predicted octanol–water partition coefficient (Wildman–Crippen LogP) is 0.637. The van der Waals surface area contributed by atoms with Crippen molar-refractivity contribution in [1.82, 2.24) is 5.43 Å². The molecule has 0 spiro atoms. The molecule has 0 aromatic carbocycles. The van der Waals surface area contributed by atoms with Crippen LogP contribution in [0.15, 0.2) is 29.6 Å². The van der Waals surface area contributed by atoms with E-state index in [-0.39, 0.29) is 5.91 Å². The Hall–Kier alpha value is -1.71. The zero-order chi connectivity index (χ0) is 10.6. The van der Waals surface area contributed by atoms with E-state index in [1.165, 1.54) is 0 Å². The number of rotatable bonds is 2. The van der Waals surface area contributed by atoms with Gasteiger partial charge in [0, 0.05) is 11.8 Å². The SMILES string of the molecule is CC(C)=NNC(=O)c1ccc[n+](C)c1. The summed E-state index contributed by atoms with van der Waals surface area (Å²) in [4.78, 5) is 11.5. The van der Waals surface area contributed by atoms with Crippen LogP contribution in [0.3, 0.4) is 0 Å². The molecule has 0 bridgehead atoms. The van der Waals surface area contributed by atoms with Crippen LogP contribution in [0.4, 0.5) is 0 Å². The minimum absolute atomic E-state index is 0.192. The van der Waals surface area contributed by atoms with Crippen LogP contribution >= 0.6 is 0 Å². The second kappa shape index (κ2) is 4.50. The lowest BCUT2D eigenvalue weighted by Gasteiger charge is -1.98. The molecule has 1 rings (SSSR count). The normalized spacial score (nSPS) is 9.36. The van der Waals surface area contributed by atoms with Crippen LogP contribution in [0, 0.1) is 0 Å². The van der Waals surface area contributed by atoms with Crippen LogP contribution in [0.1, 0.15) is 24.2 Å². The van der Waals surface area contributed by atoms with Gasteiger partial charge >= 0.3 is 0 Å². The number of amides is 1. The Morgan fingerprint density at radius 2 is 2.21 bits per heavy atom. The van der Waals surface area contributed by atoms with Crippen molar-refractivity contribution in [3.8, 4) is 0 Å². The highest BCUT2D eigenvalue weighted by Gasteiger charge is 2.07. The molecule has 1 N–H and O–H groups in total. The Bertz CT molecular complexity index is 367. The maximum absolute atomic E-state index is 11.5. The lowest BCUT2D eigenvalue weighted by atomic mass is 10.3. The quantitative estimate of drug-likeness (QED) is 0.417. The molecule has 4 nitrogen and oxygen atoms in total. The number of carbonyl (C=O) groups is 1. The molecule has 1 aromatic rings. The standard InChI is InChI=1S/C10H13N3O/c1-8(2)11-12-10(14)9-5-4-6-13(3)7-9/h4-7H,1-3H3/p+1. The average Bonchev–Trinajstić information content (AvgIpc) is 2.14. The minimum atomic E-state index is -0.192. The van der Waals surface area contributed by atoms with E-state index in [1.807, 2.05) is 37.7 Å². The van der Waals surface area contributed by atoms with Gasteiger partial charge in [0.25, 0.3) is 5.91 Å². The summed E-state index contributed by atoms with van der Waals surface area (Å²) in [5.41, 5.74) is 3.88. The second-order valence-electron chi connectivity index (χ2n) is 3.26. The number of nitrogens with one attached hydrogen (secondary N) is 1. The summed E-state index contributed by atoms with van der Waals surface area (Å²) >= 11 is 0. The van der Waals surface area contributed by atoms with Crippen LogP contribution in [0.2, 0.25) is 0 Å². The number of carbonyl (C=O) groups excluding carboxylic acids is 1. The number of aromatic nitrogens is 1. The maximum Gasteiger partial charge on any atom is 0.277 e. The highest BCUT2D eigenvalue weighted by molar-refractivity contribution is 5.94.